The molecule has 0 heterocycles. The molecule has 0 unspecified atom stereocenters. The van der Waals surface area contributed by atoms with Crippen LogP contribution in [0.15, 0.2) is 18.2 Å². The van der Waals surface area contributed by atoms with Crippen molar-refractivity contribution in [3.8, 4) is 5.75 Å². The summed E-state index contributed by atoms with van der Waals surface area (Å²) >= 11 is 0. The molecule has 2 N–H and O–H groups in total. The maximum Gasteiger partial charge on any atom is 0.152 e. The number of nitrogens with one attached hydrogen (secondary N) is 1. The lowest BCUT2D eigenvalue weighted by Crippen LogP contribution is -1.93. The van der Waals surface area contributed by atoms with E-state index >= 15 is 0 Å². The fraction of sp³-hybridized carbons (Fsp3) is 0.125. The number of aromatic hydroxyl groups is 1. The second kappa shape index (κ2) is 3.05. The highest BCUT2D eigenvalue weighted by atomic mass is 16.3. The summed E-state index contributed by atoms with van der Waals surface area (Å²) in [6.07, 6.45) is 0.741. The molecule has 3 nitrogen and oxygen atoms in total. The van der Waals surface area contributed by atoms with E-state index in [0.29, 0.717) is 11.3 Å². The molecule has 0 aliphatic rings. The Hall–Kier alpha value is -1.51. The number of hydrogen-bond donors (Lipinski definition) is 2. The number of hydrogen-bond acceptors (Lipinski definition) is 3. The molecule has 0 saturated heterocycles. The third-order valence-electron chi connectivity index (χ3n) is 1.43. The van der Waals surface area contributed by atoms with Crippen LogP contribution >= 0.6 is 0 Å². The maximum atomic E-state index is 10.4. The van der Waals surface area contributed by atoms with Crippen molar-refractivity contribution in [2.24, 2.45) is 0 Å². The predicted octanol–water partition coefficient (Wildman–Crippen LogP) is 1.25. The molecule has 0 bridgehead atoms. The lowest BCUT2D eigenvalue weighted by molar-refractivity contribution is 0.112. The van der Waals surface area contributed by atoms with E-state index in [9.17, 15) is 4.79 Å². The van der Waals surface area contributed by atoms with Crippen molar-refractivity contribution in [3.63, 3.8) is 0 Å². The van der Waals surface area contributed by atoms with Gasteiger partial charge in [-0.25, -0.2) is 0 Å². The van der Waals surface area contributed by atoms with E-state index in [4.69, 9.17) is 5.11 Å². The first-order chi connectivity index (χ1) is 5.27. The van der Waals surface area contributed by atoms with Gasteiger partial charge in [0.1, 0.15) is 5.75 Å². The summed E-state index contributed by atoms with van der Waals surface area (Å²) in [4.78, 5) is 10.4. The molecule has 0 fully saturated rings. The Bertz CT molecular complexity index is 271. The molecule has 1 rings (SSSR count). The van der Waals surface area contributed by atoms with Gasteiger partial charge < -0.3 is 10.4 Å². The molecule has 0 aliphatic heterocycles. The lowest BCUT2D eigenvalue weighted by Gasteiger charge is -2.02. The van der Waals surface area contributed by atoms with E-state index < -0.39 is 0 Å². The summed E-state index contributed by atoms with van der Waals surface area (Å²) in [5.74, 6) is 0.153. The molecular weight excluding hydrogens is 142 g/mol. The smallest absolute Gasteiger partial charge is 0.152 e. The van der Waals surface area contributed by atoms with Gasteiger partial charge in [0.2, 0.25) is 0 Å². The summed E-state index contributed by atoms with van der Waals surface area (Å²) < 4.78 is 0. The van der Waals surface area contributed by atoms with Crippen molar-refractivity contribution in [3.05, 3.63) is 23.8 Å². The van der Waals surface area contributed by atoms with Crippen molar-refractivity contribution in [1.29, 1.82) is 0 Å². The van der Waals surface area contributed by atoms with Gasteiger partial charge in [0, 0.05) is 24.4 Å². The van der Waals surface area contributed by atoms with Crippen molar-refractivity contribution in [2.45, 2.75) is 0 Å². The molecule has 0 spiro atoms. The number of carbonyl (C=O) groups is 1. The fourth-order valence-electron chi connectivity index (χ4n) is 0.864. The van der Waals surface area contributed by atoms with Crippen LogP contribution in [-0.4, -0.2) is 18.4 Å². The average Bonchev–Trinajstić information content (AvgIpc) is 2.04. The number of aldehydes is 1. The second-order valence-electron chi connectivity index (χ2n) is 2.14. The highest BCUT2D eigenvalue weighted by Gasteiger charge is 1.98. The van der Waals surface area contributed by atoms with Gasteiger partial charge in [-0.2, -0.15) is 0 Å². The van der Waals surface area contributed by atoms with E-state index in [-0.39, 0.29) is 5.75 Å². The van der Waals surface area contributed by atoms with Crippen LogP contribution in [0.1, 0.15) is 10.4 Å². The first-order valence-corrected chi connectivity index (χ1v) is 3.24. The van der Waals surface area contributed by atoms with Crippen LogP contribution in [0.2, 0.25) is 0 Å². The molecule has 11 heavy (non-hydrogen) atoms. The molecule has 0 aliphatic carbocycles. The average molecular weight is 151 g/mol. The van der Waals surface area contributed by atoms with Crippen molar-refractivity contribution < 1.29 is 9.90 Å². The number of benzene rings is 1. The molecular formula is C8H9NO2. The molecule has 1 aromatic rings. The first kappa shape index (κ1) is 7.60. The third kappa shape index (κ3) is 1.49. The molecule has 3 heteroatoms. The summed E-state index contributed by atoms with van der Waals surface area (Å²) in [6.45, 7) is 0. The van der Waals surface area contributed by atoms with Crippen LogP contribution in [0.4, 0.5) is 5.69 Å². The quantitative estimate of drug-likeness (QED) is 0.625. The van der Waals surface area contributed by atoms with Gasteiger partial charge in [-0.15, -0.1) is 0 Å². The Labute approximate surface area is 64.7 Å². The Balaban J connectivity index is 3.16. The minimum atomic E-state index is 0.153. The Morgan fingerprint density at radius 1 is 1.55 bits per heavy atom. The topological polar surface area (TPSA) is 49.3 Å². The number of anilines is 1. The first-order valence-electron chi connectivity index (χ1n) is 3.24. The van der Waals surface area contributed by atoms with Crippen LogP contribution in [0, 0.1) is 0 Å². The molecule has 58 valence electrons. The molecule has 0 saturated carbocycles. The van der Waals surface area contributed by atoms with Gasteiger partial charge in [0.05, 0.1) is 0 Å². The largest absolute Gasteiger partial charge is 0.508 e. The summed E-state index contributed by atoms with van der Waals surface area (Å²) in [5.41, 5.74) is 1.19. The molecule has 1 aromatic carbocycles. The van der Waals surface area contributed by atoms with Crippen LogP contribution in [0.3, 0.4) is 0 Å². The van der Waals surface area contributed by atoms with E-state index in [1.807, 2.05) is 0 Å². The Morgan fingerprint density at radius 2 is 2.27 bits per heavy atom. The predicted molar refractivity (Wildman–Crippen MR) is 43.0 cm³/mol. The van der Waals surface area contributed by atoms with E-state index in [0.717, 1.165) is 6.29 Å². The summed E-state index contributed by atoms with van der Waals surface area (Å²) in [6, 6.07) is 4.54. The summed E-state index contributed by atoms with van der Waals surface area (Å²) in [5, 5.41) is 11.8. The van der Waals surface area contributed by atoms with Gasteiger partial charge in [-0.3, -0.25) is 4.79 Å². The zero-order chi connectivity index (χ0) is 8.27. The van der Waals surface area contributed by atoms with E-state index in [2.05, 4.69) is 5.32 Å². The Morgan fingerprint density at radius 3 is 2.82 bits per heavy atom. The molecule has 0 amide bonds. The lowest BCUT2D eigenvalue weighted by atomic mass is 10.2. The number of phenols is 1. The van der Waals surface area contributed by atoms with Gasteiger partial charge in [-0.05, 0) is 12.1 Å². The van der Waals surface area contributed by atoms with Crippen molar-refractivity contribution in [2.75, 3.05) is 12.4 Å². The van der Waals surface area contributed by atoms with Crippen molar-refractivity contribution >= 4 is 12.0 Å². The highest BCUT2D eigenvalue weighted by molar-refractivity contribution is 5.84. The SMILES string of the molecule is CNc1cc(O)ccc1C=O. The number of carbonyl (C=O) groups excluding carboxylic acids is 1. The monoisotopic (exact) mass is 151 g/mol. The number of rotatable bonds is 2. The van der Waals surface area contributed by atoms with E-state index in [1.165, 1.54) is 12.1 Å². The van der Waals surface area contributed by atoms with E-state index in [1.54, 1.807) is 13.1 Å². The van der Waals surface area contributed by atoms with Crippen LogP contribution in [0.25, 0.3) is 0 Å². The third-order valence-corrected chi connectivity index (χ3v) is 1.43. The van der Waals surface area contributed by atoms with Gasteiger partial charge in [0.15, 0.2) is 6.29 Å². The fourth-order valence-corrected chi connectivity index (χ4v) is 0.864. The number of phenolic OH excluding ortho intramolecular Hbond substituents is 1. The van der Waals surface area contributed by atoms with Crippen molar-refractivity contribution in [1.82, 2.24) is 0 Å². The van der Waals surface area contributed by atoms with Crippen LogP contribution in [0.5, 0.6) is 5.75 Å². The minimum absolute atomic E-state index is 0.153. The molecule has 0 atom stereocenters. The van der Waals surface area contributed by atoms with Crippen LogP contribution in [-0.2, 0) is 0 Å². The normalized spacial score (nSPS) is 9.18. The zero-order valence-electron chi connectivity index (χ0n) is 6.16. The molecule has 0 radical (unpaired) electrons. The van der Waals surface area contributed by atoms with Gasteiger partial charge in [0.25, 0.3) is 0 Å². The zero-order valence-corrected chi connectivity index (χ0v) is 6.16. The summed E-state index contributed by atoms with van der Waals surface area (Å²) in [7, 11) is 1.70. The minimum Gasteiger partial charge on any atom is -0.508 e. The Kier molecular flexibility index (Phi) is 2.11. The standard InChI is InChI=1S/C8H9NO2/c1-9-8-4-7(11)3-2-6(8)5-10/h2-5,9,11H,1H3. The van der Waals surface area contributed by atoms with Crippen LogP contribution < -0.4 is 5.32 Å². The van der Waals surface area contributed by atoms with Gasteiger partial charge in [-0.1, -0.05) is 0 Å². The second-order valence-corrected chi connectivity index (χ2v) is 2.14. The molecule has 0 aromatic heterocycles. The maximum absolute atomic E-state index is 10.4. The van der Waals surface area contributed by atoms with Gasteiger partial charge >= 0.3 is 0 Å². The highest BCUT2D eigenvalue weighted by Crippen LogP contribution is 2.19.